The summed E-state index contributed by atoms with van der Waals surface area (Å²) >= 11 is 0. The van der Waals surface area contributed by atoms with Gasteiger partial charge in [-0.2, -0.15) is 0 Å². The maximum Gasteiger partial charge on any atom is 0.233 e. The van der Waals surface area contributed by atoms with Gasteiger partial charge < -0.3 is 4.90 Å². The summed E-state index contributed by atoms with van der Waals surface area (Å²) in [5, 5.41) is 0. The van der Waals surface area contributed by atoms with E-state index in [1.807, 2.05) is 24.3 Å². The van der Waals surface area contributed by atoms with E-state index in [1.165, 1.54) is 17.0 Å². The highest BCUT2D eigenvalue weighted by Crippen LogP contribution is 2.35. The Labute approximate surface area is 158 Å². The zero-order valence-electron chi connectivity index (χ0n) is 15.7. The fraction of sp³-hybridized carbons (Fsp3) is 0.364. The van der Waals surface area contributed by atoms with Crippen LogP contribution in [0.25, 0.3) is 0 Å². The van der Waals surface area contributed by atoms with Crippen LogP contribution >= 0.6 is 0 Å². The van der Waals surface area contributed by atoms with Crippen LogP contribution in [0.5, 0.6) is 0 Å². The number of rotatable bonds is 5. The molecule has 2 atom stereocenters. The van der Waals surface area contributed by atoms with Crippen molar-refractivity contribution >= 4 is 11.7 Å². The quantitative estimate of drug-likeness (QED) is 0.743. The Bertz CT molecular complexity index is 878. The Morgan fingerprint density at radius 1 is 1.19 bits per heavy atom. The van der Waals surface area contributed by atoms with Gasteiger partial charge in [-0.25, -0.2) is 8.78 Å². The lowest BCUT2D eigenvalue weighted by atomic mass is 9.82. The number of hydrogen-bond acceptors (Lipinski definition) is 2. The number of carbonyl (C=O) groups excluding carboxylic acids is 2. The van der Waals surface area contributed by atoms with Crippen LogP contribution in [0.3, 0.4) is 0 Å². The van der Waals surface area contributed by atoms with Gasteiger partial charge in [-0.05, 0) is 28.7 Å². The van der Waals surface area contributed by atoms with Gasteiger partial charge in [0.05, 0.1) is 0 Å². The fourth-order valence-corrected chi connectivity index (χ4v) is 3.69. The van der Waals surface area contributed by atoms with Crippen LogP contribution in [0.15, 0.2) is 42.5 Å². The van der Waals surface area contributed by atoms with Gasteiger partial charge in [0.15, 0.2) is 11.6 Å². The number of halogens is 2. The lowest BCUT2D eigenvalue weighted by Gasteiger charge is -2.18. The zero-order chi connectivity index (χ0) is 19.7. The minimum Gasteiger partial charge on any atom is -0.344 e. The molecule has 5 heteroatoms. The Morgan fingerprint density at radius 3 is 2.59 bits per heavy atom. The number of nitrogens with zero attached hydrogens (tertiary/aromatic N) is 1. The normalized spacial score (nSPS) is 19.8. The van der Waals surface area contributed by atoms with Crippen LogP contribution in [-0.4, -0.2) is 30.2 Å². The summed E-state index contributed by atoms with van der Waals surface area (Å²) in [6, 6.07) is 11.7. The molecule has 1 amide bonds. The first-order valence-corrected chi connectivity index (χ1v) is 9.10. The van der Waals surface area contributed by atoms with E-state index >= 15 is 0 Å². The molecule has 3 rings (SSSR count). The molecule has 142 valence electrons. The van der Waals surface area contributed by atoms with E-state index in [2.05, 4.69) is 13.8 Å². The average Bonchev–Trinajstić information content (AvgIpc) is 2.94. The summed E-state index contributed by atoms with van der Waals surface area (Å²) in [5.41, 5.74) is 2.05. The van der Waals surface area contributed by atoms with Crippen LogP contribution in [0.4, 0.5) is 8.78 Å². The Kier molecular flexibility index (Phi) is 5.40. The number of Topliss-reactive ketones (excluding diaryl/α,β-unsaturated/α-hetero) is 1. The molecule has 0 aliphatic carbocycles. The van der Waals surface area contributed by atoms with Crippen LogP contribution in [0, 0.1) is 17.6 Å². The lowest BCUT2D eigenvalue weighted by molar-refractivity contribution is -0.136. The van der Waals surface area contributed by atoms with Crippen molar-refractivity contribution in [3.63, 3.8) is 0 Å². The van der Waals surface area contributed by atoms with Crippen molar-refractivity contribution < 1.29 is 18.4 Å². The highest BCUT2D eigenvalue weighted by Gasteiger charge is 2.43. The van der Waals surface area contributed by atoms with E-state index in [1.54, 1.807) is 7.05 Å². The molecule has 2 aromatic carbocycles. The molecule has 0 saturated carbocycles. The summed E-state index contributed by atoms with van der Waals surface area (Å²) in [5.74, 6) is -3.49. The maximum absolute atomic E-state index is 14.0. The van der Waals surface area contributed by atoms with E-state index in [-0.39, 0.29) is 29.6 Å². The number of carbonyl (C=O) groups is 2. The van der Waals surface area contributed by atoms with Gasteiger partial charge in [-0.15, -0.1) is 0 Å². The lowest BCUT2D eigenvalue weighted by Crippen LogP contribution is -2.29. The molecule has 1 aliphatic rings. The molecule has 0 unspecified atom stereocenters. The minimum absolute atomic E-state index is 0.0166. The second kappa shape index (κ2) is 7.59. The molecule has 0 N–H and O–H groups in total. The van der Waals surface area contributed by atoms with E-state index in [0.717, 1.165) is 17.2 Å². The number of amides is 1. The number of hydrogen-bond donors (Lipinski definition) is 0. The molecular formula is C22H23F2NO2. The van der Waals surface area contributed by atoms with Crippen molar-refractivity contribution in [2.75, 3.05) is 13.6 Å². The largest absolute Gasteiger partial charge is 0.344 e. The van der Waals surface area contributed by atoms with Crippen molar-refractivity contribution in [2.24, 2.45) is 5.92 Å². The molecule has 0 aromatic heterocycles. The first-order valence-electron chi connectivity index (χ1n) is 9.10. The second-order valence-corrected chi connectivity index (χ2v) is 7.48. The highest BCUT2D eigenvalue weighted by molar-refractivity contribution is 6.04. The SMILES string of the molecule is CC(C)c1cccc([C@H]2CN(C)C(=O)[C@@H]2C(=O)Cc2cccc(F)c2F)c1. The van der Waals surface area contributed by atoms with Gasteiger partial charge in [-0.1, -0.05) is 50.2 Å². The topological polar surface area (TPSA) is 37.4 Å². The Hall–Kier alpha value is -2.56. The molecule has 1 saturated heterocycles. The summed E-state index contributed by atoms with van der Waals surface area (Å²) in [6.07, 6.45) is -0.297. The molecule has 1 aliphatic heterocycles. The van der Waals surface area contributed by atoms with E-state index in [4.69, 9.17) is 0 Å². The summed E-state index contributed by atoms with van der Waals surface area (Å²) in [7, 11) is 1.66. The van der Waals surface area contributed by atoms with Crippen LogP contribution in [0.2, 0.25) is 0 Å². The number of likely N-dealkylation sites (tertiary alicyclic amines) is 1. The number of ketones is 1. The third-order valence-electron chi connectivity index (χ3n) is 5.26. The molecule has 2 aromatic rings. The predicted molar refractivity (Wildman–Crippen MR) is 99.5 cm³/mol. The first kappa shape index (κ1) is 19.2. The molecule has 0 bridgehead atoms. The van der Waals surface area contributed by atoms with Crippen LogP contribution in [0.1, 0.15) is 42.4 Å². The van der Waals surface area contributed by atoms with E-state index < -0.39 is 17.6 Å². The third-order valence-corrected chi connectivity index (χ3v) is 5.26. The van der Waals surface area contributed by atoms with Gasteiger partial charge in [0.1, 0.15) is 11.7 Å². The van der Waals surface area contributed by atoms with Crippen molar-refractivity contribution in [3.05, 3.63) is 70.8 Å². The molecule has 1 fully saturated rings. The fourth-order valence-electron chi connectivity index (χ4n) is 3.69. The molecule has 0 spiro atoms. The maximum atomic E-state index is 14.0. The monoisotopic (exact) mass is 371 g/mol. The minimum atomic E-state index is -1.02. The predicted octanol–water partition coefficient (Wildman–Crippen LogP) is 4.07. The van der Waals surface area contributed by atoms with Gasteiger partial charge >= 0.3 is 0 Å². The molecule has 0 radical (unpaired) electrons. The zero-order valence-corrected chi connectivity index (χ0v) is 15.7. The molecule has 1 heterocycles. The summed E-state index contributed by atoms with van der Waals surface area (Å²) in [4.78, 5) is 27.1. The van der Waals surface area contributed by atoms with Crippen molar-refractivity contribution in [2.45, 2.75) is 32.1 Å². The third kappa shape index (κ3) is 3.77. The second-order valence-electron chi connectivity index (χ2n) is 7.48. The van der Waals surface area contributed by atoms with Crippen molar-refractivity contribution in [3.8, 4) is 0 Å². The number of benzene rings is 2. The highest BCUT2D eigenvalue weighted by atomic mass is 19.2. The Morgan fingerprint density at radius 2 is 1.89 bits per heavy atom. The van der Waals surface area contributed by atoms with Gasteiger partial charge in [-0.3, -0.25) is 9.59 Å². The smallest absolute Gasteiger partial charge is 0.233 e. The van der Waals surface area contributed by atoms with Crippen molar-refractivity contribution in [1.29, 1.82) is 0 Å². The summed E-state index contributed by atoms with van der Waals surface area (Å²) < 4.78 is 27.4. The molecule has 27 heavy (non-hydrogen) atoms. The molecule has 3 nitrogen and oxygen atoms in total. The summed E-state index contributed by atoms with van der Waals surface area (Å²) in [6.45, 7) is 4.60. The number of likely N-dealkylation sites (N-methyl/N-ethyl adjacent to an activating group) is 1. The van der Waals surface area contributed by atoms with E-state index in [9.17, 15) is 18.4 Å². The average molecular weight is 371 g/mol. The standard InChI is InChI=1S/C22H23F2NO2/c1-13(2)14-6-4-7-15(10-14)17-12-25(3)22(27)20(17)19(26)11-16-8-5-9-18(23)21(16)24/h4-10,13,17,20H,11-12H2,1-3H3/t17-,20+/m1/s1. The van der Waals surface area contributed by atoms with Crippen LogP contribution < -0.4 is 0 Å². The van der Waals surface area contributed by atoms with Gasteiger partial charge in [0, 0.05) is 25.9 Å². The first-order chi connectivity index (χ1) is 12.8. The van der Waals surface area contributed by atoms with Gasteiger partial charge in [0.25, 0.3) is 0 Å². The van der Waals surface area contributed by atoms with Crippen molar-refractivity contribution in [1.82, 2.24) is 4.90 Å². The van der Waals surface area contributed by atoms with Gasteiger partial charge in [0.2, 0.25) is 5.91 Å². The van der Waals surface area contributed by atoms with E-state index in [0.29, 0.717) is 12.5 Å². The Balaban J connectivity index is 1.91. The van der Waals surface area contributed by atoms with Crippen LogP contribution in [-0.2, 0) is 16.0 Å². The molecular weight excluding hydrogens is 348 g/mol.